The van der Waals surface area contributed by atoms with Crippen molar-refractivity contribution in [3.05, 3.63) is 41.9 Å². The second-order valence-electron chi connectivity index (χ2n) is 3.04. The first-order valence-electron chi connectivity index (χ1n) is 4.97. The van der Waals surface area contributed by atoms with Crippen molar-refractivity contribution in [1.82, 2.24) is 0 Å². The molecule has 0 amide bonds. The van der Waals surface area contributed by atoms with Crippen molar-refractivity contribution in [1.29, 1.82) is 5.26 Å². The van der Waals surface area contributed by atoms with Crippen LogP contribution in [0.5, 0.6) is 0 Å². The number of hydrogen-bond donors (Lipinski definition) is 1. The fourth-order valence-electron chi connectivity index (χ4n) is 1.05. The monoisotopic (exact) mass is 234 g/mol. The van der Waals surface area contributed by atoms with Crippen LogP contribution in [0.25, 0.3) is 0 Å². The van der Waals surface area contributed by atoms with Crippen molar-refractivity contribution in [2.24, 2.45) is 0 Å². The third-order valence-electron chi connectivity index (χ3n) is 1.84. The molecule has 0 aliphatic heterocycles. The molecular formula is C12H11FN2O2. The van der Waals surface area contributed by atoms with Crippen LogP contribution in [0.1, 0.15) is 6.92 Å². The lowest BCUT2D eigenvalue weighted by molar-refractivity contribution is -0.138. The van der Waals surface area contributed by atoms with Crippen LogP contribution in [0.3, 0.4) is 0 Å². The molecule has 1 aromatic carbocycles. The predicted molar refractivity (Wildman–Crippen MR) is 60.4 cm³/mol. The summed E-state index contributed by atoms with van der Waals surface area (Å²) in [7, 11) is 0. The highest BCUT2D eigenvalue weighted by molar-refractivity contribution is 5.93. The zero-order chi connectivity index (χ0) is 12.7. The van der Waals surface area contributed by atoms with Gasteiger partial charge in [-0.15, -0.1) is 0 Å². The highest BCUT2D eigenvalue weighted by atomic mass is 19.1. The summed E-state index contributed by atoms with van der Waals surface area (Å²) in [4.78, 5) is 11.2. The number of nitrogens with one attached hydrogen (secondary N) is 1. The molecule has 0 bridgehead atoms. The summed E-state index contributed by atoms with van der Waals surface area (Å²) in [6.07, 6.45) is 1.23. The number of ether oxygens (including phenoxy) is 1. The molecule has 0 aliphatic rings. The van der Waals surface area contributed by atoms with Gasteiger partial charge in [-0.25, -0.2) is 9.18 Å². The van der Waals surface area contributed by atoms with Crippen molar-refractivity contribution in [2.45, 2.75) is 6.92 Å². The van der Waals surface area contributed by atoms with Gasteiger partial charge >= 0.3 is 5.97 Å². The zero-order valence-electron chi connectivity index (χ0n) is 9.24. The number of nitriles is 1. The molecule has 5 heteroatoms. The van der Waals surface area contributed by atoms with Crippen LogP contribution in [0.2, 0.25) is 0 Å². The summed E-state index contributed by atoms with van der Waals surface area (Å²) in [5, 5.41) is 11.4. The van der Waals surface area contributed by atoms with Crippen LogP contribution in [0, 0.1) is 17.1 Å². The zero-order valence-corrected chi connectivity index (χ0v) is 9.24. The number of halogens is 1. The molecule has 0 unspecified atom stereocenters. The molecule has 88 valence electrons. The van der Waals surface area contributed by atoms with Gasteiger partial charge in [-0.05, 0) is 31.2 Å². The molecule has 0 radical (unpaired) electrons. The van der Waals surface area contributed by atoms with Crippen LogP contribution in [0.4, 0.5) is 10.1 Å². The van der Waals surface area contributed by atoms with E-state index in [4.69, 9.17) is 5.26 Å². The van der Waals surface area contributed by atoms with Gasteiger partial charge in [-0.3, -0.25) is 0 Å². The molecule has 1 aromatic rings. The molecule has 1 N–H and O–H groups in total. The minimum atomic E-state index is -0.690. The Labute approximate surface area is 98.3 Å². The van der Waals surface area contributed by atoms with E-state index in [0.717, 1.165) is 0 Å². The Kier molecular flexibility index (Phi) is 4.70. The van der Waals surface area contributed by atoms with Crippen LogP contribution in [-0.4, -0.2) is 12.6 Å². The molecule has 0 saturated carbocycles. The quantitative estimate of drug-likeness (QED) is 0.493. The number of hydrogen-bond acceptors (Lipinski definition) is 4. The summed E-state index contributed by atoms with van der Waals surface area (Å²) < 4.78 is 17.3. The lowest BCUT2D eigenvalue weighted by atomic mass is 10.3. The SMILES string of the molecule is CCOC(=O)/C(C#N)=C/Nc1ccc(F)cc1. The average molecular weight is 234 g/mol. The first-order valence-corrected chi connectivity index (χ1v) is 4.97. The second kappa shape index (κ2) is 6.28. The van der Waals surface area contributed by atoms with Crippen LogP contribution >= 0.6 is 0 Å². The fourth-order valence-corrected chi connectivity index (χ4v) is 1.05. The number of benzene rings is 1. The van der Waals surface area contributed by atoms with E-state index in [1.807, 2.05) is 0 Å². The highest BCUT2D eigenvalue weighted by Gasteiger charge is 2.08. The Bertz CT molecular complexity index is 460. The third kappa shape index (κ3) is 3.95. The summed E-state index contributed by atoms with van der Waals surface area (Å²) in [6.45, 7) is 1.86. The van der Waals surface area contributed by atoms with E-state index < -0.39 is 5.97 Å². The Hall–Kier alpha value is -2.35. The van der Waals surface area contributed by atoms with Crippen molar-refractivity contribution in [3.8, 4) is 6.07 Å². The molecule has 0 saturated heterocycles. The Morgan fingerprint density at radius 1 is 1.53 bits per heavy atom. The summed E-state index contributed by atoms with van der Waals surface area (Å²) in [5.41, 5.74) is 0.430. The Balaban J connectivity index is 2.71. The van der Waals surface area contributed by atoms with E-state index >= 15 is 0 Å². The molecule has 0 aromatic heterocycles. The predicted octanol–water partition coefficient (Wildman–Crippen LogP) is 2.21. The first kappa shape index (κ1) is 12.7. The molecular weight excluding hydrogens is 223 g/mol. The lowest BCUT2D eigenvalue weighted by Gasteiger charge is -2.02. The van der Waals surface area contributed by atoms with Gasteiger partial charge in [0.1, 0.15) is 11.9 Å². The van der Waals surface area contributed by atoms with Crippen molar-refractivity contribution in [2.75, 3.05) is 11.9 Å². The van der Waals surface area contributed by atoms with Crippen LogP contribution < -0.4 is 5.32 Å². The van der Waals surface area contributed by atoms with Crippen LogP contribution in [0.15, 0.2) is 36.0 Å². The van der Waals surface area contributed by atoms with Gasteiger partial charge in [0.2, 0.25) is 0 Å². The maximum Gasteiger partial charge on any atom is 0.350 e. The molecule has 0 spiro atoms. The number of carbonyl (C=O) groups is 1. The van der Waals surface area contributed by atoms with Gasteiger partial charge in [-0.2, -0.15) is 5.26 Å². The van der Waals surface area contributed by atoms with E-state index in [2.05, 4.69) is 10.1 Å². The molecule has 1 rings (SSSR count). The number of carbonyl (C=O) groups excluding carboxylic acids is 1. The van der Waals surface area contributed by atoms with E-state index in [0.29, 0.717) is 5.69 Å². The van der Waals surface area contributed by atoms with Gasteiger partial charge in [0, 0.05) is 11.9 Å². The molecule has 0 aliphatic carbocycles. The van der Waals surface area contributed by atoms with E-state index in [-0.39, 0.29) is 18.0 Å². The number of nitrogens with zero attached hydrogens (tertiary/aromatic N) is 1. The van der Waals surface area contributed by atoms with Gasteiger partial charge < -0.3 is 10.1 Å². The van der Waals surface area contributed by atoms with Crippen LogP contribution in [-0.2, 0) is 9.53 Å². The van der Waals surface area contributed by atoms with Gasteiger partial charge in [-0.1, -0.05) is 0 Å². The fraction of sp³-hybridized carbons (Fsp3) is 0.167. The van der Waals surface area contributed by atoms with Crippen molar-refractivity contribution in [3.63, 3.8) is 0 Å². The minimum absolute atomic E-state index is 0.142. The summed E-state index contributed by atoms with van der Waals surface area (Å²) in [5.74, 6) is -1.05. The Morgan fingerprint density at radius 2 is 2.18 bits per heavy atom. The van der Waals surface area contributed by atoms with E-state index in [1.165, 1.54) is 30.5 Å². The number of esters is 1. The van der Waals surface area contributed by atoms with E-state index in [1.54, 1.807) is 13.0 Å². The summed E-state index contributed by atoms with van der Waals surface area (Å²) >= 11 is 0. The van der Waals surface area contributed by atoms with Gasteiger partial charge in [0.25, 0.3) is 0 Å². The molecule has 17 heavy (non-hydrogen) atoms. The highest BCUT2D eigenvalue weighted by Crippen LogP contribution is 2.09. The third-order valence-corrected chi connectivity index (χ3v) is 1.84. The lowest BCUT2D eigenvalue weighted by Crippen LogP contribution is -2.07. The topological polar surface area (TPSA) is 62.1 Å². The van der Waals surface area contributed by atoms with E-state index in [9.17, 15) is 9.18 Å². The molecule has 0 fully saturated rings. The Morgan fingerprint density at radius 3 is 2.71 bits per heavy atom. The molecule has 0 atom stereocenters. The molecule has 4 nitrogen and oxygen atoms in total. The van der Waals surface area contributed by atoms with Gasteiger partial charge in [0.05, 0.1) is 6.61 Å². The normalized spacial score (nSPS) is 10.5. The smallest absolute Gasteiger partial charge is 0.350 e. The standard InChI is InChI=1S/C12H11FN2O2/c1-2-17-12(16)9(7-14)8-15-11-5-3-10(13)4-6-11/h3-6,8,15H,2H2,1H3/b9-8+. The number of rotatable bonds is 4. The van der Waals surface area contributed by atoms with Crippen molar-refractivity contribution >= 4 is 11.7 Å². The second-order valence-corrected chi connectivity index (χ2v) is 3.04. The van der Waals surface area contributed by atoms with Crippen molar-refractivity contribution < 1.29 is 13.9 Å². The average Bonchev–Trinajstić information content (AvgIpc) is 2.32. The maximum atomic E-state index is 12.6. The van der Waals surface area contributed by atoms with Gasteiger partial charge in [0.15, 0.2) is 5.57 Å². The number of anilines is 1. The minimum Gasteiger partial charge on any atom is -0.462 e. The summed E-state index contributed by atoms with van der Waals surface area (Å²) in [6, 6.07) is 7.24. The molecule has 0 heterocycles. The first-order chi connectivity index (χ1) is 8.17. The maximum absolute atomic E-state index is 12.6. The largest absolute Gasteiger partial charge is 0.462 e.